The average molecular weight is 262 g/mol. The molecule has 0 spiro atoms. The SMILES string of the molecule is C[N+](C)(C)C.C[N+](C)(C)C.O=C([O-])/C=C\C(=O)[O-]. The lowest BCUT2D eigenvalue weighted by molar-refractivity contribution is -0.849. The van der Waals surface area contributed by atoms with Crippen molar-refractivity contribution in [1.29, 1.82) is 0 Å². The summed E-state index contributed by atoms with van der Waals surface area (Å²) in [6.07, 6.45) is 0.769. The molecule has 0 bridgehead atoms. The second-order valence-corrected chi connectivity index (χ2v) is 6.34. The van der Waals surface area contributed by atoms with Crippen molar-refractivity contribution in [2.75, 3.05) is 56.4 Å². The van der Waals surface area contributed by atoms with E-state index < -0.39 is 11.9 Å². The van der Waals surface area contributed by atoms with Crippen molar-refractivity contribution >= 4 is 11.9 Å². The van der Waals surface area contributed by atoms with Crippen molar-refractivity contribution in [3.8, 4) is 0 Å². The smallest absolute Gasteiger partial charge is 0.0675 e. The van der Waals surface area contributed by atoms with Gasteiger partial charge < -0.3 is 28.8 Å². The van der Waals surface area contributed by atoms with Gasteiger partial charge in [-0.25, -0.2) is 0 Å². The van der Waals surface area contributed by atoms with E-state index in [1.807, 2.05) is 0 Å². The van der Waals surface area contributed by atoms with Crippen molar-refractivity contribution < 1.29 is 28.8 Å². The van der Waals surface area contributed by atoms with Crippen molar-refractivity contribution in [2.24, 2.45) is 0 Å². The number of aliphatic carboxylic acids is 2. The zero-order valence-electron chi connectivity index (χ0n) is 12.7. The van der Waals surface area contributed by atoms with Crippen LogP contribution in [0.2, 0.25) is 0 Å². The molecule has 0 N–H and O–H groups in total. The summed E-state index contributed by atoms with van der Waals surface area (Å²) >= 11 is 0. The molecule has 18 heavy (non-hydrogen) atoms. The summed E-state index contributed by atoms with van der Waals surface area (Å²) in [5.41, 5.74) is 0. The lowest BCUT2D eigenvalue weighted by Gasteiger charge is -2.14. The number of carbonyl (C=O) groups is 2. The van der Waals surface area contributed by atoms with Crippen LogP contribution in [-0.4, -0.2) is 77.3 Å². The molecule has 108 valence electrons. The molecule has 0 atom stereocenters. The summed E-state index contributed by atoms with van der Waals surface area (Å²) in [5, 5.41) is 18.8. The van der Waals surface area contributed by atoms with Gasteiger partial charge in [0.15, 0.2) is 0 Å². The summed E-state index contributed by atoms with van der Waals surface area (Å²) in [4.78, 5) is 18.8. The van der Waals surface area contributed by atoms with E-state index in [4.69, 9.17) is 0 Å². The highest BCUT2D eigenvalue weighted by molar-refractivity contribution is 5.87. The van der Waals surface area contributed by atoms with E-state index in [-0.39, 0.29) is 0 Å². The molecule has 0 amide bonds. The van der Waals surface area contributed by atoms with Gasteiger partial charge in [-0.3, -0.25) is 0 Å². The van der Waals surface area contributed by atoms with Gasteiger partial charge in [0.25, 0.3) is 0 Å². The van der Waals surface area contributed by atoms with Crippen molar-refractivity contribution in [3.05, 3.63) is 12.2 Å². The highest BCUT2D eigenvalue weighted by atomic mass is 16.4. The van der Waals surface area contributed by atoms with Crippen LogP contribution in [0.15, 0.2) is 12.2 Å². The van der Waals surface area contributed by atoms with Crippen LogP contribution < -0.4 is 10.2 Å². The first kappa shape index (κ1) is 21.8. The number of nitrogens with zero attached hydrogens (tertiary/aromatic N) is 2. The summed E-state index contributed by atoms with van der Waals surface area (Å²) in [7, 11) is 17.0. The van der Waals surface area contributed by atoms with Crippen LogP contribution in [0.5, 0.6) is 0 Å². The van der Waals surface area contributed by atoms with Gasteiger partial charge in [0.2, 0.25) is 0 Å². The quantitative estimate of drug-likeness (QED) is 0.413. The van der Waals surface area contributed by atoms with Gasteiger partial charge in [0.1, 0.15) is 0 Å². The van der Waals surface area contributed by atoms with Gasteiger partial charge >= 0.3 is 0 Å². The van der Waals surface area contributed by atoms with Gasteiger partial charge in [-0.1, -0.05) is 0 Å². The minimum Gasteiger partial charge on any atom is -0.545 e. The monoisotopic (exact) mass is 262 g/mol. The van der Waals surface area contributed by atoms with E-state index >= 15 is 0 Å². The fourth-order valence-electron chi connectivity index (χ4n) is 0.136. The van der Waals surface area contributed by atoms with Crippen LogP contribution in [0, 0.1) is 0 Å². The third kappa shape index (κ3) is 208. The maximum absolute atomic E-state index is 9.41. The van der Waals surface area contributed by atoms with E-state index in [2.05, 4.69) is 56.4 Å². The molecule has 0 aromatic carbocycles. The molecule has 6 nitrogen and oxygen atoms in total. The molecule has 0 saturated heterocycles. The predicted octanol–water partition coefficient (Wildman–Crippen LogP) is -2.31. The summed E-state index contributed by atoms with van der Waals surface area (Å²) < 4.78 is 2.00. The standard InChI is InChI=1S/2C4H12N.C4H4O4/c2*1-5(2,3)4;5-3(6)1-2-4(7)8/h2*1-4H3;1-2H,(H,5,6)(H,7,8)/q2*+1;/p-2/b;;2-1-. The molecule has 6 heteroatoms. The first-order valence-corrected chi connectivity index (χ1v) is 5.30. The summed E-state index contributed by atoms with van der Waals surface area (Å²) in [6.45, 7) is 0. The Labute approximate surface area is 110 Å². The van der Waals surface area contributed by atoms with E-state index in [9.17, 15) is 19.8 Å². The maximum atomic E-state index is 9.41. The van der Waals surface area contributed by atoms with E-state index in [1.165, 1.54) is 0 Å². The van der Waals surface area contributed by atoms with Crippen LogP contribution in [0.1, 0.15) is 0 Å². The Morgan fingerprint density at radius 2 is 0.778 bits per heavy atom. The molecule has 0 saturated carbocycles. The molecular weight excluding hydrogens is 236 g/mol. The molecule has 0 radical (unpaired) electrons. The molecule has 0 aromatic heterocycles. The third-order valence-electron chi connectivity index (χ3n) is 0.355. The maximum Gasteiger partial charge on any atom is 0.0675 e. The van der Waals surface area contributed by atoms with E-state index in [0.717, 1.165) is 8.97 Å². The van der Waals surface area contributed by atoms with Crippen LogP contribution >= 0.6 is 0 Å². The minimum atomic E-state index is -1.55. The Morgan fingerprint density at radius 1 is 0.667 bits per heavy atom. The zero-order valence-corrected chi connectivity index (χ0v) is 12.7. The Hall–Kier alpha value is -1.40. The molecule has 0 aliphatic rings. The van der Waals surface area contributed by atoms with Crippen LogP contribution in [0.4, 0.5) is 0 Å². The second-order valence-electron chi connectivity index (χ2n) is 6.34. The van der Waals surface area contributed by atoms with Gasteiger partial charge in [-0.05, 0) is 12.2 Å². The number of hydrogen-bond acceptors (Lipinski definition) is 4. The topological polar surface area (TPSA) is 80.3 Å². The van der Waals surface area contributed by atoms with Crippen molar-refractivity contribution in [1.82, 2.24) is 0 Å². The van der Waals surface area contributed by atoms with Gasteiger partial charge in [0, 0.05) is 0 Å². The van der Waals surface area contributed by atoms with Gasteiger partial charge in [-0.15, -0.1) is 0 Å². The first-order valence-electron chi connectivity index (χ1n) is 5.30. The fraction of sp³-hybridized carbons (Fsp3) is 0.667. The van der Waals surface area contributed by atoms with E-state index in [0.29, 0.717) is 12.2 Å². The summed E-state index contributed by atoms with van der Waals surface area (Å²) in [6, 6.07) is 0. The van der Waals surface area contributed by atoms with Crippen molar-refractivity contribution in [2.45, 2.75) is 0 Å². The number of carboxylic acid groups (broad SMARTS) is 2. The number of quaternary nitrogens is 2. The second kappa shape index (κ2) is 9.61. The number of carboxylic acids is 2. The van der Waals surface area contributed by atoms with Crippen LogP contribution in [-0.2, 0) is 9.59 Å². The molecule has 0 aliphatic heterocycles. The summed E-state index contributed by atoms with van der Waals surface area (Å²) in [5.74, 6) is -3.09. The number of carbonyl (C=O) groups excluding carboxylic acids is 2. The largest absolute Gasteiger partial charge is 0.545 e. The number of hydrogen-bond donors (Lipinski definition) is 0. The molecule has 0 unspecified atom stereocenters. The highest BCUT2D eigenvalue weighted by Gasteiger charge is 1.88. The Bertz CT molecular complexity index is 233. The normalized spacial score (nSPS) is 10.9. The van der Waals surface area contributed by atoms with Crippen LogP contribution in [0.3, 0.4) is 0 Å². The molecule has 0 aromatic rings. The molecule has 0 aliphatic carbocycles. The highest BCUT2D eigenvalue weighted by Crippen LogP contribution is 1.74. The van der Waals surface area contributed by atoms with Crippen LogP contribution in [0.25, 0.3) is 0 Å². The first-order chi connectivity index (χ1) is 7.63. The predicted molar refractivity (Wildman–Crippen MR) is 67.1 cm³/mol. The van der Waals surface area contributed by atoms with Crippen molar-refractivity contribution in [3.63, 3.8) is 0 Å². The Kier molecular flexibility index (Phi) is 11.7. The Balaban J connectivity index is -0.000000197. The van der Waals surface area contributed by atoms with Gasteiger partial charge in [-0.2, -0.15) is 0 Å². The average Bonchev–Trinajstić information content (AvgIpc) is 1.93. The van der Waals surface area contributed by atoms with E-state index in [1.54, 1.807) is 0 Å². The third-order valence-corrected chi connectivity index (χ3v) is 0.355. The molecular formula is C12H26N2O4. The fourth-order valence-corrected chi connectivity index (χ4v) is 0.136. The van der Waals surface area contributed by atoms with Gasteiger partial charge in [0.05, 0.1) is 68.3 Å². The molecule has 0 fully saturated rings. The molecule has 0 rings (SSSR count). The lowest BCUT2D eigenvalue weighted by Crippen LogP contribution is -2.27. The number of rotatable bonds is 2. The lowest BCUT2D eigenvalue weighted by atomic mass is 10.5. The minimum absolute atomic E-state index is 0.384. The Morgan fingerprint density at radius 3 is 0.833 bits per heavy atom. The molecule has 0 heterocycles. The zero-order chi connectivity index (χ0) is 15.6.